The first-order chi connectivity index (χ1) is 8.22. The third-order valence-electron chi connectivity index (χ3n) is 3.25. The van der Waals surface area contributed by atoms with Crippen molar-refractivity contribution in [2.45, 2.75) is 31.7 Å². The van der Waals surface area contributed by atoms with Crippen LogP contribution in [0.4, 0.5) is 0 Å². The van der Waals surface area contributed by atoms with Crippen molar-refractivity contribution >= 4 is 21.8 Å². The molecule has 0 spiro atoms. The molecule has 1 aliphatic carbocycles. The monoisotopic (exact) mass is 300 g/mol. The standard InChI is InChI=1S/C12H17BrN2O2/c13-9-7-11(14-8-9)12(17)15(5-6-16)10-3-1-2-4-10/h7-8,10,14,16H,1-6H2. The summed E-state index contributed by atoms with van der Waals surface area (Å²) in [4.78, 5) is 17.0. The topological polar surface area (TPSA) is 56.3 Å². The first kappa shape index (κ1) is 12.6. The van der Waals surface area contributed by atoms with Gasteiger partial charge >= 0.3 is 0 Å². The normalized spacial score (nSPS) is 16.4. The average molecular weight is 301 g/mol. The van der Waals surface area contributed by atoms with Gasteiger partial charge in [-0.2, -0.15) is 0 Å². The summed E-state index contributed by atoms with van der Waals surface area (Å²) in [6.07, 6.45) is 6.20. The Bertz CT molecular complexity index is 386. The molecular formula is C12H17BrN2O2. The number of aromatic amines is 1. The summed E-state index contributed by atoms with van der Waals surface area (Å²) in [6.45, 7) is 0.435. The van der Waals surface area contributed by atoms with E-state index in [9.17, 15) is 4.79 Å². The van der Waals surface area contributed by atoms with Crippen molar-refractivity contribution in [1.82, 2.24) is 9.88 Å². The molecule has 0 radical (unpaired) electrons. The summed E-state index contributed by atoms with van der Waals surface area (Å²) in [5, 5.41) is 9.08. The molecule has 1 heterocycles. The van der Waals surface area contributed by atoms with Crippen molar-refractivity contribution < 1.29 is 9.90 Å². The number of amides is 1. The minimum absolute atomic E-state index is 0.0170. The SMILES string of the molecule is O=C(c1cc(Br)c[nH]1)N(CCO)C1CCCC1. The molecule has 2 rings (SSSR count). The summed E-state index contributed by atoms with van der Waals surface area (Å²) in [5.74, 6) is -0.0170. The Hall–Kier alpha value is -0.810. The molecule has 1 fully saturated rings. The molecule has 1 amide bonds. The van der Waals surface area contributed by atoms with Crippen LogP contribution in [0.25, 0.3) is 0 Å². The minimum atomic E-state index is -0.0170. The number of halogens is 1. The van der Waals surface area contributed by atoms with Crippen molar-refractivity contribution in [3.8, 4) is 0 Å². The zero-order valence-corrected chi connectivity index (χ0v) is 11.2. The largest absolute Gasteiger partial charge is 0.395 e. The molecule has 0 atom stereocenters. The van der Waals surface area contributed by atoms with Gasteiger partial charge in [-0.3, -0.25) is 4.79 Å². The number of H-pyrrole nitrogens is 1. The van der Waals surface area contributed by atoms with E-state index in [0.717, 1.165) is 17.3 Å². The van der Waals surface area contributed by atoms with E-state index in [4.69, 9.17) is 5.11 Å². The average Bonchev–Trinajstić information content (AvgIpc) is 2.95. The molecule has 94 valence electrons. The summed E-state index contributed by atoms with van der Waals surface area (Å²) in [6, 6.07) is 2.07. The van der Waals surface area contributed by atoms with Crippen molar-refractivity contribution in [1.29, 1.82) is 0 Å². The third-order valence-corrected chi connectivity index (χ3v) is 3.70. The molecule has 1 aromatic rings. The number of aliphatic hydroxyl groups excluding tert-OH is 1. The summed E-state index contributed by atoms with van der Waals surface area (Å²) in [7, 11) is 0. The number of hydrogen-bond donors (Lipinski definition) is 2. The van der Waals surface area contributed by atoms with Gasteiger partial charge in [0.15, 0.2) is 0 Å². The predicted molar refractivity (Wildman–Crippen MR) is 68.9 cm³/mol. The molecule has 1 saturated carbocycles. The van der Waals surface area contributed by atoms with Gasteiger partial charge in [0, 0.05) is 23.3 Å². The van der Waals surface area contributed by atoms with E-state index < -0.39 is 0 Å². The van der Waals surface area contributed by atoms with Gasteiger partial charge in [0.05, 0.1) is 6.61 Å². The lowest BCUT2D eigenvalue weighted by atomic mass is 10.2. The van der Waals surface area contributed by atoms with Gasteiger partial charge in [-0.05, 0) is 34.8 Å². The molecule has 0 unspecified atom stereocenters. The summed E-state index contributed by atoms with van der Waals surface area (Å²) >= 11 is 3.32. The van der Waals surface area contributed by atoms with Crippen LogP contribution in [-0.4, -0.2) is 40.1 Å². The Morgan fingerprint density at radius 3 is 2.76 bits per heavy atom. The molecule has 4 nitrogen and oxygen atoms in total. The molecule has 2 N–H and O–H groups in total. The second-order valence-corrected chi connectivity index (χ2v) is 5.31. The van der Waals surface area contributed by atoms with E-state index >= 15 is 0 Å². The zero-order valence-electron chi connectivity index (χ0n) is 9.66. The van der Waals surface area contributed by atoms with E-state index in [2.05, 4.69) is 20.9 Å². The number of aromatic nitrogens is 1. The first-order valence-electron chi connectivity index (χ1n) is 5.98. The van der Waals surface area contributed by atoms with Crippen LogP contribution in [0.5, 0.6) is 0 Å². The molecule has 5 heteroatoms. The highest BCUT2D eigenvalue weighted by Crippen LogP contribution is 2.25. The fourth-order valence-electron chi connectivity index (χ4n) is 2.42. The van der Waals surface area contributed by atoms with Gasteiger partial charge in [0.1, 0.15) is 5.69 Å². The number of hydrogen-bond acceptors (Lipinski definition) is 2. The fourth-order valence-corrected chi connectivity index (χ4v) is 2.76. The Morgan fingerprint density at radius 1 is 1.53 bits per heavy atom. The summed E-state index contributed by atoms with van der Waals surface area (Å²) < 4.78 is 0.872. The number of nitrogens with zero attached hydrogens (tertiary/aromatic N) is 1. The summed E-state index contributed by atoms with van der Waals surface area (Å²) in [5.41, 5.74) is 0.581. The Kier molecular flexibility index (Phi) is 4.23. The van der Waals surface area contributed by atoms with E-state index in [0.29, 0.717) is 12.2 Å². The Morgan fingerprint density at radius 2 is 2.24 bits per heavy atom. The number of aliphatic hydroxyl groups is 1. The van der Waals surface area contributed by atoms with Gasteiger partial charge in [0.25, 0.3) is 5.91 Å². The van der Waals surface area contributed by atoms with E-state index in [1.807, 2.05) is 0 Å². The quantitative estimate of drug-likeness (QED) is 0.895. The highest BCUT2D eigenvalue weighted by atomic mass is 79.9. The molecule has 1 aliphatic rings. The van der Waals surface area contributed by atoms with E-state index in [1.165, 1.54) is 12.8 Å². The van der Waals surface area contributed by atoms with E-state index in [1.54, 1.807) is 17.2 Å². The van der Waals surface area contributed by atoms with Crippen molar-refractivity contribution in [2.75, 3.05) is 13.2 Å². The highest BCUT2D eigenvalue weighted by Gasteiger charge is 2.27. The van der Waals surface area contributed by atoms with Crippen LogP contribution >= 0.6 is 15.9 Å². The smallest absolute Gasteiger partial charge is 0.270 e. The van der Waals surface area contributed by atoms with E-state index in [-0.39, 0.29) is 18.6 Å². The third kappa shape index (κ3) is 2.90. The number of carbonyl (C=O) groups is 1. The lowest BCUT2D eigenvalue weighted by Crippen LogP contribution is -2.40. The second kappa shape index (κ2) is 5.69. The maximum absolute atomic E-state index is 12.3. The van der Waals surface area contributed by atoms with Gasteiger partial charge in [-0.1, -0.05) is 12.8 Å². The molecule has 1 aromatic heterocycles. The van der Waals surface area contributed by atoms with Gasteiger partial charge in [-0.15, -0.1) is 0 Å². The lowest BCUT2D eigenvalue weighted by Gasteiger charge is -2.27. The number of nitrogens with one attached hydrogen (secondary N) is 1. The molecule has 0 aliphatic heterocycles. The lowest BCUT2D eigenvalue weighted by molar-refractivity contribution is 0.0633. The van der Waals surface area contributed by atoms with Crippen LogP contribution in [-0.2, 0) is 0 Å². The molecular weight excluding hydrogens is 284 g/mol. The molecule has 0 saturated heterocycles. The van der Waals surface area contributed by atoms with Crippen molar-refractivity contribution in [2.24, 2.45) is 0 Å². The van der Waals surface area contributed by atoms with Crippen LogP contribution in [0.3, 0.4) is 0 Å². The first-order valence-corrected chi connectivity index (χ1v) is 6.77. The number of carbonyl (C=O) groups excluding carboxylic acids is 1. The Labute approximate surface area is 109 Å². The molecule has 0 aromatic carbocycles. The second-order valence-electron chi connectivity index (χ2n) is 4.39. The van der Waals surface area contributed by atoms with Crippen LogP contribution in [0, 0.1) is 0 Å². The minimum Gasteiger partial charge on any atom is -0.395 e. The predicted octanol–water partition coefficient (Wildman–Crippen LogP) is 2.15. The Balaban J connectivity index is 2.12. The van der Waals surface area contributed by atoms with Gasteiger partial charge in [0.2, 0.25) is 0 Å². The molecule has 17 heavy (non-hydrogen) atoms. The van der Waals surface area contributed by atoms with Crippen molar-refractivity contribution in [3.05, 3.63) is 22.4 Å². The van der Waals surface area contributed by atoms with Crippen LogP contribution in [0.15, 0.2) is 16.7 Å². The van der Waals surface area contributed by atoms with Gasteiger partial charge < -0.3 is 15.0 Å². The fraction of sp³-hybridized carbons (Fsp3) is 0.583. The van der Waals surface area contributed by atoms with Crippen LogP contribution < -0.4 is 0 Å². The highest BCUT2D eigenvalue weighted by molar-refractivity contribution is 9.10. The van der Waals surface area contributed by atoms with Crippen molar-refractivity contribution in [3.63, 3.8) is 0 Å². The molecule has 0 bridgehead atoms. The maximum atomic E-state index is 12.3. The van der Waals surface area contributed by atoms with Crippen LogP contribution in [0.2, 0.25) is 0 Å². The van der Waals surface area contributed by atoms with Gasteiger partial charge in [-0.25, -0.2) is 0 Å². The van der Waals surface area contributed by atoms with Crippen LogP contribution in [0.1, 0.15) is 36.2 Å². The maximum Gasteiger partial charge on any atom is 0.270 e. The number of rotatable bonds is 4. The zero-order chi connectivity index (χ0) is 12.3.